The van der Waals surface area contributed by atoms with Crippen molar-refractivity contribution in [1.29, 1.82) is 0 Å². The van der Waals surface area contributed by atoms with Gasteiger partial charge < -0.3 is 14.7 Å². The van der Waals surface area contributed by atoms with Crippen molar-refractivity contribution in [2.75, 3.05) is 39.4 Å². The highest BCUT2D eigenvalue weighted by Crippen LogP contribution is 2.40. The standard InChI is InChI=1S/C17H21F3N2O3/c18-17(19,20)14-4-2-1-3-13(14)15-9-12(23)10-22(15)16(24)11-21-5-7-25-8-6-21/h1-4,12,15,23H,5-11H2/t12-,15+/m1/s1. The van der Waals surface area contributed by atoms with Crippen LogP contribution < -0.4 is 0 Å². The van der Waals surface area contributed by atoms with Gasteiger partial charge in [0.05, 0.1) is 37.5 Å². The van der Waals surface area contributed by atoms with Crippen LogP contribution in [0.25, 0.3) is 0 Å². The SMILES string of the molecule is O=C(CN1CCOCC1)N1C[C@H](O)C[C@H]1c1ccccc1C(F)(F)F. The summed E-state index contributed by atoms with van der Waals surface area (Å²) in [6, 6.07) is 4.50. The predicted molar refractivity (Wildman–Crippen MR) is 83.8 cm³/mol. The Morgan fingerprint density at radius 3 is 2.60 bits per heavy atom. The minimum atomic E-state index is -4.50. The fourth-order valence-electron chi connectivity index (χ4n) is 3.47. The summed E-state index contributed by atoms with van der Waals surface area (Å²) >= 11 is 0. The van der Waals surface area contributed by atoms with Gasteiger partial charge in [-0.05, 0) is 18.1 Å². The molecule has 25 heavy (non-hydrogen) atoms. The molecule has 2 aliphatic rings. The van der Waals surface area contributed by atoms with Gasteiger partial charge >= 0.3 is 6.18 Å². The first-order valence-electron chi connectivity index (χ1n) is 8.30. The number of likely N-dealkylation sites (tertiary alicyclic amines) is 1. The normalized spacial score (nSPS) is 25.4. The molecule has 0 unspecified atom stereocenters. The number of hydrogen-bond donors (Lipinski definition) is 1. The number of aliphatic hydroxyl groups excluding tert-OH is 1. The van der Waals surface area contributed by atoms with Crippen molar-refractivity contribution in [1.82, 2.24) is 9.80 Å². The number of morpholine rings is 1. The molecule has 0 aromatic heterocycles. The van der Waals surface area contributed by atoms with Crippen molar-refractivity contribution >= 4 is 5.91 Å². The van der Waals surface area contributed by atoms with E-state index in [0.717, 1.165) is 6.07 Å². The van der Waals surface area contributed by atoms with Crippen LogP contribution in [0, 0.1) is 0 Å². The summed E-state index contributed by atoms with van der Waals surface area (Å²) in [4.78, 5) is 16.0. The molecule has 2 saturated heterocycles. The van der Waals surface area contributed by atoms with E-state index in [1.807, 2.05) is 4.90 Å². The number of amides is 1. The Labute approximate surface area is 144 Å². The van der Waals surface area contributed by atoms with Crippen LogP contribution in [0.2, 0.25) is 0 Å². The van der Waals surface area contributed by atoms with E-state index in [-0.39, 0.29) is 31.0 Å². The summed E-state index contributed by atoms with van der Waals surface area (Å²) in [5.74, 6) is -0.263. The van der Waals surface area contributed by atoms with Gasteiger partial charge in [-0.2, -0.15) is 13.2 Å². The first kappa shape index (κ1) is 18.2. The largest absolute Gasteiger partial charge is 0.416 e. The minimum Gasteiger partial charge on any atom is -0.391 e. The monoisotopic (exact) mass is 358 g/mol. The molecular weight excluding hydrogens is 337 g/mol. The number of alkyl halides is 3. The number of halogens is 3. The third kappa shape index (κ3) is 4.13. The highest BCUT2D eigenvalue weighted by molar-refractivity contribution is 5.79. The molecule has 2 heterocycles. The summed E-state index contributed by atoms with van der Waals surface area (Å²) in [5.41, 5.74) is -0.708. The van der Waals surface area contributed by atoms with Gasteiger partial charge in [0.2, 0.25) is 5.91 Å². The van der Waals surface area contributed by atoms with Crippen LogP contribution in [0.3, 0.4) is 0 Å². The molecule has 0 saturated carbocycles. The lowest BCUT2D eigenvalue weighted by Crippen LogP contribution is -2.45. The summed E-state index contributed by atoms with van der Waals surface area (Å²) in [6.45, 7) is 2.49. The van der Waals surface area contributed by atoms with Crippen LogP contribution >= 0.6 is 0 Å². The van der Waals surface area contributed by atoms with Gasteiger partial charge in [0.1, 0.15) is 0 Å². The van der Waals surface area contributed by atoms with E-state index in [1.54, 1.807) is 0 Å². The summed E-state index contributed by atoms with van der Waals surface area (Å²) in [7, 11) is 0. The van der Waals surface area contributed by atoms with Crippen molar-refractivity contribution in [3.8, 4) is 0 Å². The molecule has 138 valence electrons. The maximum absolute atomic E-state index is 13.3. The molecule has 1 amide bonds. The molecule has 1 aromatic rings. The average Bonchev–Trinajstić information content (AvgIpc) is 2.97. The maximum atomic E-state index is 13.3. The van der Waals surface area contributed by atoms with E-state index in [9.17, 15) is 23.1 Å². The highest BCUT2D eigenvalue weighted by Gasteiger charge is 2.41. The quantitative estimate of drug-likeness (QED) is 0.893. The molecule has 3 rings (SSSR count). The van der Waals surface area contributed by atoms with Gasteiger partial charge in [-0.1, -0.05) is 18.2 Å². The Morgan fingerprint density at radius 1 is 1.24 bits per heavy atom. The van der Waals surface area contributed by atoms with Crippen molar-refractivity contribution in [3.05, 3.63) is 35.4 Å². The van der Waals surface area contributed by atoms with Crippen molar-refractivity contribution in [3.63, 3.8) is 0 Å². The molecule has 0 bridgehead atoms. The van der Waals surface area contributed by atoms with Gasteiger partial charge in [0.15, 0.2) is 0 Å². The van der Waals surface area contributed by atoms with Crippen LogP contribution in [0.4, 0.5) is 13.2 Å². The number of aliphatic hydroxyl groups is 1. The third-order valence-electron chi connectivity index (χ3n) is 4.69. The Balaban J connectivity index is 1.81. The van der Waals surface area contributed by atoms with E-state index < -0.39 is 23.9 Å². The number of nitrogens with zero attached hydrogens (tertiary/aromatic N) is 2. The molecular formula is C17H21F3N2O3. The van der Waals surface area contributed by atoms with E-state index in [2.05, 4.69) is 0 Å². The lowest BCUT2D eigenvalue weighted by Gasteiger charge is -2.31. The van der Waals surface area contributed by atoms with Crippen LogP contribution in [-0.4, -0.2) is 66.3 Å². The Kier molecular flexibility index (Phi) is 5.31. The number of ether oxygens (including phenoxy) is 1. The van der Waals surface area contributed by atoms with Crippen LogP contribution in [0.1, 0.15) is 23.6 Å². The van der Waals surface area contributed by atoms with Gasteiger partial charge in [0.25, 0.3) is 0 Å². The summed E-state index contributed by atoms with van der Waals surface area (Å²) in [6.07, 6.45) is -5.20. The summed E-state index contributed by atoms with van der Waals surface area (Å²) < 4.78 is 45.2. The molecule has 5 nitrogen and oxygen atoms in total. The van der Waals surface area contributed by atoms with Crippen molar-refractivity contribution < 1.29 is 27.8 Å². The highest BCUT2D eigenvalue weighted by atomic mass is 19.4. The Bertz CT molecular complexity index is 617. The average molecular weight is 358 g/mol. The minimum absolute atomic E-state index is 0.0434. The fraction of sp³-hybridized carbons (Fsp3) is 0.588. The number of β-amino-alcohol motifs (C(OH)–C–C–N with tert-alkyl or cyclic N) is 1. The second-order valence-electron chi connectivity index (χ2n) is 6.42. The Hall–Kier alpha value is -1.64. The fourth-order valence-corrected chi connectivity index (χ4v) is 3.47. The molecule has 8 heteroatoms. The number of hydrogen-bond acceptors (Lipinski definition) is 4. The second kappa shape index (κ2) is 7.31. The summed E-state index contributed by atoms with van der Waals surface area (Å²) in [5, 5.41) is 9.97. The van der Waals surface area contributed by atoms with E-state index in [1.165, 1.54) is 23.1 Å². The van der Waals surface area contributed by atoms with Crippen molar-refractivity contribution in [2.24, 2.45) is 0 Å². The van der Waals surface area contributed by atoms with Gasteiger partial charge in [-0.25, -0.2) is 0 Å². The zero-order valence-electron chi connectivity index (χ0n) is 13.7. The number of benzene rings is 1. The zero-order chi connectivity index (χ0) is 18.0. The first-order chi connectivity index (χ1) is 11.9. The number of carbonyl (C=O) groups is 1. The van der Waals surface area contributed by atoms with Gasteiger partial charge in [-0.15, -0.1) is 0 Å². The third-order valence-corrected chi connectivity index (χ3v) is 4.69. The van der Waals surface area contributed by atoms with E-state index in [4.69, 9.17) is 4.74 Å². The smallest absolute Gasteiger partial charge is 0.391 e. The second-order valence-corrected chi connectivity index (χ2v) is 6.42. The van der Waals surface area contributed by atoms with Gasteiger partial charge in [0, 0.05) is 19.6 Å². The molecule has 1 aromatic carbocycles. The Morgan fingerprint density at radius 2 is 1.92 bits per heavy atom. The molecule has 2 fully saturated rings. The van der Waals surface area contributed by atoms with E-state index in [0.29, 0.717) is 26.3 Å². The van der Waals surface area contributed by atoms with E-state index >= 15 is 0 Å². The maximum Gasteiger partial charge on any atom is 0.416 e. The molecule has 0 spiro atoms. The molecule has 2 atom stereocenters. The van der Waals surface area contributed by atoms with Crippen molar-refractivity contribution in [2.45, 2.75) is 24.7 Å². The lowest BCUT2D eigenvalue weighted by atomic mass is 9.97. The first-order valence-corrected chi connectivity index (χ1v) is 8.30. The van der Waals surface area contributed by atoms with Crippen LogP contribution in [0.15, 0.2) is 24.3 Å². The van der Waals surface area contributed by atoms with Gasteiger partial charge in [-0.3, -0.25) is 9.69 Å². The molecule has 0 radical (unpaired) electrons. The molecule has 0 aliphatic carbocycles. The molecule has 2 aliphatic heterocycles. The predicted octanol–water partition coefficient (Wildman–Crippen LogP) is 1.67. The lowest BCUT2D eigenvalue weighted by molar-refractivity contribution is -0.141. The number of carbonyl (C=O) groups excluding carboxylic acids is 1. The topological polar surface area (TPSA) is 53.0 Å². The number of rotatable bonds is 3. The molecule has 1 N–H and O–H groups in total. The van der Waals surface area contributed by atoms with Crippen LogP contribution in [-0.2, 0) is 15.7 Å². The zero-order valence-corrected chi connectivity index (χ0v) is 13.7. The van der Waals surface area contributed by atoms with Crippen LogP contribution in [0.5, 0.6) is 0 Å².